The summed E-state index contributed by atoms with van der Waals surface area (Å²) in [6.45, 7) is 6.44. The molecule has 0 unspecified atom stereocenters. The molecule has 1 heterocycles. The standard InChI is InChI=1S/C15H18N2O2/c1-10-6-4-5-7-13(10)15-11(2)16-17(12(15)3)9-8-14(18)19/h4-7H,8-9H2,1-3H3,(H,18,19). The highest BCUT2D eigenvalue weighted by Gasteiger charge is 2.15. The van der Waals surface area contributed by atoms with E-state index in [0.29, 0.717) is 6.54 Å². The van der Waals surface area contributed by atoms with Crippen LogP contribution in [0.4, 0.5) is 0 Å². The van der Waals surface area contributed by atoms with Gasteiger partial charge in [0, 0.05) is 11.3 Å². The van der Waals surface area contributed by atoms with Gasteiger partial charge in [0.1, 0.15) is 0 Å². The van der Waals surface area contributed by atoms with Gasteiger partial charge in [-0.3, -0.25) is 9.48 Å². The molecule has 19 heavy (non-hydrogen) atoms. The first-order chi connectivity index (χ1) is 9.00. The highest BCUT2D eigenvalue weighted by atomic mass is 16.4. The molecule has 0 aliphatic rings. The number of aryl methyl sites for hydroxylation is 3. The van der Waals surface area contributed by atoms with Gasteiger partial charge in [0.05, 0.1) is 18.7 Å². The minimum atomic E-state index is -0.801. The minimum absolute atomic E-state index is 0.0924. The Labute approximate surface area is 112 Å². The average molecular weight is 258 g/mol. The highest BCUT2D eigenvalue weighted by molar-refractivity contribution is 5.71. The summed E-state index contributed by atoms with van der Waals surface area (Å²) in [4.78, 5) is 10.7. The number of benzene rings is 1. The van der Waals surface area contributed by atoms with E-state index in [4.69, 9.17) is 5.11 Å². The zero-order valence-electron chi connectivity index (χ0n) is 11.5. The van der Waals surface area contributed by atoms with E-state index >= 15 is 0 Å². The molecule has 1 aromatic heterocycles. The summed E-state index contributed by atoms with van der Waals surface area (Å²) in [5.41, 5.74) is 5.44. The predicted molar refractivity (Wildman–Crippen MR) is 74.1 cm³/mol. The van der Waals surface area contributed by atoms with E-state index in [1.165, 1.54) is 11.1 Å². The predicted octanol–water partition coefficient (Wildman–Crippen LogP) is 2.95. The first-order valence-corrected chi connectivity index (χ1v) is 6.32. The van der Waals surface area contributed by atoms with Gasteiger partial charge in [-0.05, 0) is 31.9 Å². The maximum Gasteiger partial charge on any atom is 0.305 e. The van der Waals surface area contributed by atoms with Crippen LogP contribution in [0.5, 0.6) is 0 Å². The Kier molecular flexibility index (Phi) is 3.69. The van der Waals surface area contributed by atoms with Crippen molar-refractivity contribution >= 4 is 5.97 Å². The van der Waals surface area contributed by atoms with Crippen LogP contribution in [0, 0.1) is 20.8 Å². The van der Waals surface area contributed by atoms with Crippen LogP contribution in [-0.2, 0) is 11.3 Å². The Bertz CT molecular complexity index is 615. The van der Waals surface area contributed by atoms with Crippen molar-refractivity contribution in [2.75, 3.05) is 0 Å². The lowest BCUT2D eigenvalue weighted by molar-refractivity contribution is -0.137. The molecule has 0 atom stereocenters. The van der Waals surface area contributed by atoms with Crippen molar-refractivity contribution in [3.8, 4) is 11.1 Å². The SMILES string of the molecule is Cc1ccccc1-c1c(C)nn(CCC(=O)O)c1C. The lowest BCUT2D eigenvalue weighted by Gasteiger charge is -2.07. The normalized spacial score (nSPS) is 10.7. The van der Waals surface area contributed by atoms with Crippen molar-refractivity contribution < 1.29 is 9.90 Å². The third-order valence-corrected chi connectivity index (χ3v) is 3.33. The Morgan fingerprint density at radius 2 is 1.95 bits per heavy atom. The van der Waals surface area contributed by atoms with Crippen LogP contribution in [0.25, 0.3) is 11.1 Å². The maximum absolute atomic E-state index is 10.7. The van der Waals surface area contributed by atoms with Crippen LogP contribution in [0.2, 0.25) is 0 Å². The number of nitrogens with zero attached hydrogens (tertiary/aromatic N) is 2. The van der Waals surface area contributed by atoms with Crippen molar-refractivity contribution in [3.63, 3.8) is 0 Å². The lowest BCUT2D eigenvalue weighted by Crippen LogP contribution is -2.07. The van der Waals surface area contributed by atoms with Gasteiger partial charge < -0.3 is 5.11 Å². The van der Waals surface area contributed by atoms with Crippen LogP contribution in [0.15, 0.2) is 24.3 Å². The fourth-order valence-corrected chi connectivity index (χ4v) is 2.36. The summed E-state index contributed by atoms with van der Waals surface area (Å²) in [6.07, 6.45) is 0.0924. The summed E-state index contributed by atoms with van der Waals surface area (Å²) in [5.74, 6) is -0.801. The van der Waals surface area contributed by atoms with Crippen molar-refractivity contribution in [1.29, 1.82) is 0 Å². The Hall–Kier alpha value is -2.10. The van der Waals surface area contributed by atoms with E-state index in [1.54, 1.807) is 4.68 Å². The minimum Gasteiger partial charge on any atom is -0.481 e. The number of carboxylic acid groups (broad SMARTS) is 1. The van der Waals surface area contributed by atoms with Gasteiger partial charge in [-0.2, -0.15) is 5.10 Å². The zero-order valence-corrected chi connectivity index (χ0v) is 11.5. The average Bonchev–Trinajstić information content (AvgIpc) is 2.63. The zero-order chi connectivity index (χ0) is 14.0. The van der Waals surface area contributed by atoms with Crippen LogP contribution < -0.4 is 0 Å². The molecule has 1 aromatic carbocycles. The lowest BCUT2D eigenvalue weighted by atomic mass is 9.99. The van der Waals surface area contributed by atoms with Crippen LogP contribution in [-0.4, -0.2) is 20.9 Å². The Balaban J connectivity index is 2.42. The molecule has 1 N–H and O–H groups in total. The fourth-order valence-electron chi connectivity index (χ4n) is 2.36. The molecule has 0 radical (unpaired) electrons. The molecule has 0 fully saturated rings. The van der Waals surface area contributed by atoms with E-state index in [0.717, 1.165) is 17.0 Å². The molecular weight excluding hydrogens is 240 g/mol. The summed E-state index contributed by atoms with van der Waals surface area (Å²) < 4.78 is 1.78. The summed E-state index contributed by atoms with van der Waals surface area (Å²) in [7, 11) is 0. The first kappa shape index (κ1) is 13.3. The van der Waals surface area contributed by atoms with Gasteiger partial charge in [0.2, 0.25) is 0 Å². The van der Waals surface area contributed by atoms with Gasteiger partial charge >= 0.3 is 5.97 Å². The maximum atomic E-state index is 10.7. The molecule has 0 aliphatic heterocycles. The number of aliphatic carboxylic acids is 1. The summed E-state index contributed by atoms with van der Waals surface area (Å²) in [6, 6.07) is 8.17. The van der Waals surface area contributed by atoms with E-state index in [1.807, 2.05) is 26.0 Å². The van der Waals surface area contributed by atoms with Gasteiger partial charge in [0.15, 0.2) is 0 Å². The van der Waals surface area contributed by atoms with Gasteiger partial charge in [-0.1, -0.05) is 24.3 Å². The van der Waals surface area contributed by atoms with E-state index < -0.39 is 5.97 Å². The smallest absolute Gasteiger partial charge is 0.305 e. The fraction of sp³-hybridized carbons (Fsp3) is 0.333. The molecular formula is C15H18N2O2. The topological polar surface area (TPSA) is 55.1 Å². The molecule has 0 bridgehead atoms. The summed E-state index contributed by atoms with van der Waals surface area (Å²) in [5, 5.41) is 13.2. The molecule has 100 valence electrons. The Morgan fingerprint density at radius 3 is 2.58 bits per heavy atom. The second kappa shape index (κ2) is 5.26. The summed E-state index contributed by atoms with van der Waals surface area (Å²) >= 11 is 0. The quantitative estimate of drug-likeness (QED) is 0.917. The second-order valence-electron chi connectivity index (χ2n) is 4.73. The van der Waals surface area contributed by atoms with Crippen LogP contribution >= 0.6 is 0 Å². The molecule has 4 nitrogen and oxygen atoms in total. The monoisotopic (exact) mass is 258 g/mol. The van der Waals surface area contributed by atoms with Gasteiger partial charge in [-0.25, -0.2) is 0 Å². The molecule has 0 amide bonds. The molecule has 2 aromatic rings. The van der Waals surface area contributed by atoms with Crippen LogP contribution in [0.1, 0.15) is 23.4 Å². The van der Waals surface area contributed by atoms with Gasteiger partial charge in [-0.15, -0.1) is 0 Å². The number of aromatic nitrogens is 2. The van der Waals surface area contributed by atoms with E-state index in [2.05, 4.69) is 24.2 Å². The molecule has 0 aliphatic carbocycles. The number of carbonyl (C=O) groups is 1. The van der Waals surface area contributed by atoms with E-state index in [9.17, 15) is 4.79 Å². The molecule has 0 saturated heterocycles. The van der Waals surface area contributed by atoms with Crippen LogP contribution in [0.3, 0.4) is 0 Å². The molecule has 4 heteroatoms. The first-order valence-electron chi connectivity index (χ1n) is 6.32. The number of carboxylic acids is 1. The van der Waals surface area contributed by atoms with Crippen molar-refractivity contribution in [1.82, 2.24) is 9.78 Å². The van der Waals surface area contributed by atoms with Crippen molar-refractivity contribution in [2.24, 2.45) is 0 Å². The highest BCUT2D eigenvalue weighted by Crippen LogP contribution is 2.29. The number of hydrogen-bond acceptors (Lipinski definition) is 2. The van der Waals surface area contributed by atoms with E-state index in [-0.39, 0.29) is 6.42 Å². The molecule has 2 rings (SSSR count). The second-order valence-corrected chi connectivity index (χ2v) is 4.73. The number of rotatable bonds is 4. The third-order valence-electron chi connectivity index (χ3n) is 3.33. The van der Waals surface area contributed by atoms with Gasteiger partial charge in [0.25, 0.3) is 0 Å². The third kappa shape index (κ3) is 2.67. The largest absolute Gasteiger partial charge is 0.481 e. The number of hydrogen-bond donors (Lipinski definition) is 1. The molecule has 0 saturated carbocycles. The molecule has 0 spiro atoms. The van der Waals surface area contributed by atoms with Crippen molar-refractivity contribution in [2.45, 2.75) is 33.7 Å². The van der Waals surface area contributed by atoms with Crippen molar-refractivity contribution in [3.05, 3.63) is 41.2 Å². The Morgan fingerprint density at radius 1 is 1.26 bits per heavy atom.